The predicted octanol–water partition coefficient (Wildman–Crippen LogP) is 3.54. The SMILES string of the molecule is Cc1[nH]c(=O)c(C#N)c(C)c1CCC(=O)NCC1(c2ccc3c(c2)OCO3)CCCCC1. The first kappa shape index (κ1) is 21.9. The summed E-state index contributed by atoms with van der Waals surface area (Å²) < 4.78 is 11.0. The van der Waals surface area contributed by atoms with Crippen LogP contribution in [0.1, 0.15) is 66.5 Å². The number of hydrogen-bond acceptors (Lipinski definition) is 5. The molecule has 1 aliphatic heterocycles. The second-order valence-corrected chi connectivity index (χ2v) is 8.86. The van der Waals surface area contributed by atoms with E-state index in [0.717, 1.165) is 42.7 Å². The lowest BCUT2D eigenvalue weighted by atomic mass is 9.69. The lowest BCUT2D eigenvalue weighted by Gasteiger charge is -2.38. The number of carbonyl (C=O) groups excluding carboxylic acids is 1. The zero-order chi connectivity index (χ0) is 22.7. The molecule has 1 aromatic heterocycles. The molecule has 0 spiro atoms. The molecule has 2 aliphatic rings. The van der Waals surface area contributed by atoms with Crippen LogP contribution in [0.2, 0.25) is 0 Å². The summed E-state index contributed by atoms with van der Waals surface area (Å²) in [4.78, 5) is 27.4. The Morgan fingerprint density at radius 2 is 1.94 bits per heavy atom. The minimum Gasteiger partial charge on any atom is -0.454 e. The van der Waals surface area contributed by atoms with Crippen LogP contribution in [-0.4, -0.2) is 24.2 Å². The molecule has 1 amide bonds. The van der Waals surface area contributed by atoms with Crippen molar-refractivity contribution in [3.8, 4) is 17.6 Å². The van der Waals surface area contributed by atoms with E-state index in [-0.39, 0.29) is 29.2 Å². The molecule has 0 atom stereocenters. The van der Waals surface area contributed by atoms with E-state index in [1.165, 1.54) is 12.0 Å². The molecule has 1 saturated carbocycles. The summed E-state index contributed by atoms with van der Waals surface area (Å²) >= 11 is 0. The quantitative estimate of drug-likeness (QED) is 0.722. The van der Waals surface area contributed by atoms with Crippen LogP contribution in [0.3, 0.4) is 0 Å². The number of carbonyl (C=O) groups is 1. The fourth-order valence-electron chi connectivity index (χ4n) is 5.04. The maximum Gasteiger partial charge on any atom is 0.266 e. The van der Waals surface area contributed by atoms with Gasteiger partial charge in [-0.25, -0.2) is 0 Å². The van der Waals surface area contributed by atoms with Gasteiger partial charge in [-0.05, 0) is 61.9 Å². The fourth-order valence-corrected chi connectivity index (χ4v) is 5.04. The van der Waals surface area contributed by atoms with E-state index in [4.69, 9.17) is 9.47 Å². The monoisotopic (exact) mass is 435 g/mol. The minimum absolute atomic E-state index is 0.0285. The summed E-state index contributed by atoms with van der Waals surface area (Å²) in [5, 5.41) is 12.4. The first-order valence-corrected chi connectivity index (χ1v) is 11.2. The third-order valence-corrected chi connectivity index (χ3v) is 6.94. The third kappa shape index (κ3) is 4.22. The molecule has 4 rings (SSSR count). The molecular formula is C25H29N3O4. The molecular weight excluding hydrogens is 406 g/mol. The van der Waals surface area contributed by atoms with Gasteiger partial charge in [0, 0.05) is 24.1 Å². The van der Waals surface area contributed by atoms with Crippen LogP contribution in [0, 0.1) is 25.2 Å². The van der Waals surface area contributed by atoms with Crippen molar-refractivity contribution >= 4 is 5.91 Å². The fraction of sp³-hybridized carbons (Fsp3) is 0.480. The Morgan fingerprint density at radius 3 is 2.69 bits per heavy atom. The average Bonchev–Trinajstić information content (AvgIpc) is 3.26. The number of fused-ring (bicyclic) bond motifs is 1. The van der Waals surface area contributed by atoms with Crippen molar-refractivity contribution in [2.75, 3.05) is 13.3 Å². The van der Waals surface area contributed by atoms with Gasteiger partial charge in [0.1, 0.15) is 11.6 Å². The molecule has 168 valence electrons. The molecule has 7 heteroatoms. The van der Waals surface area contributed by atoms with Crippen molar-refractivity contribution in [1.29, 1.82) is 5.26 Å². The molecule has 0 saturated heterocycles. The molecule has 1 fully saturated rings. The highest BCUT2D eigenvalue weighted by Gasteiger charge is 2.35. The second kappa shape index (κ2) is 9.07. The smallest absolute Gasteiger partial charge is 0.266 e. The van der Waals surface area contributed by atoms with Crippen molar-refractivity contribution in [2.45, 2.75) is 64.2 Å². The molecule has 0 bridgehead atoms. The molecule has 2 aromatic rings. The molecule has 0 unspecified atom stereocenters. The number of aromatic amines is 1. The largest absolute Gasteiger partial charge is 0.454 e. The number of nitriles is 1. The van der Waals surface area contributed by atoms with E-state index in [2.05, 4.69) is 22.4 Å². The van der Waals surface area contributed by atoms with Gasteiger partial charge in [0.25, 0.3) is 5.56 Å². The molecule has 0 radical (unpaired) electrons. The second-order valence-electron chi connectivity index (χ2n) is 8.86. The van der Waals surface area contributed by atoms with E-state index in [0.29, 0.717) is 30.6 Å². The van der Waals surface area contributed by atoms with Crippen molar-refractivity contribution in [2.24, 2.45) is 0 Å². The lowest BCUT2D eigenvalue weighted by Crippen LogP contribution is -2.42. The Balaban J connectivity index is 1.45. The molecule has 1 aromatic carbocycles. The summed E-state index contributed by atoms with van der Waals surface area (Å²) in [6.07, 6.45) is 6.31. The first-order chi connectivity index (χ1) is 15.4. The lowest BCUT2D eigenvalue weighted by molar-refractivity contribution is -0.121. The number of ether oxygens (including phenoxy) is 2. The summed E-state index contributed by atoms with van der Waals surface area (Å²) in [5.74, 6) is 1.52. The number of aryl methyl sites for hydroxylation is 1. The number of benzene rings is 1. The van der Waals surface area contributed by atoms with Crippen molar-refractivity contribution < 1.29 is 14.3 Å². The molecule has 1 aliphatic carbocycles. The Hall–Kier alpha value is -3.27. The normalized spacial score (nSPS) is 16.4. The average molecular weight is 436 g/mol. The zero-order valence-corrected chi connectivity index (χ0v) is 18.7. The van der Waals surface area contributed by atoms with Gasteiger partial charge in [-0.2, -0.15) is 5.26 Å². The first-order valence-electron chi connectivity index (χ1n) is 11.2. The topological polar surface area (TPSA) is 104 Å². The van der Waals surface area contributed by atoms with E-state index < -0.39 is 0 Å². The van der Waals surface area contributed by atoms with Crippen LogP contribution in [-0.2, 0) is 16.6 Å². The Morgan fingerprint density at radius 1 is 1.19 bits per heavy atom. The van der Waals surface area contributed by atoms with E-state index in [9.17, 15) is 14.9 Å². The van der Waals surface area contributed by atoms with Gasteiger partial charge in [-0.3, -0.25) is 9.59 Å². The Labute approximate surface area is 187 Å². The van der Waals surface area contributed by atoms with Gasteiger partial charge >= 0.3 is 0 Å². The summed E-state index contributed by atoms with van der Waals surface area (Å²) in [7, 11) is 0. The maximum atomic E-state index is 12.8. The summed E-state index contributed by atoms with van der Waals surface area (Å²) in [5.41, 5.74) is 3.06. The predicted molar refractivity (Wildman–Crippen MR) is 120 cm³/mol. The standard InChI is InChI=1S/C25H29N3O4/c1-16-19(17(2)28-24(30)20(16)13-26)7-9-23(29)27-14-25(10-4-3-5-11-25)18-6-8-21-22(12-18)32-15-31-21/h6,8,12H,3-5,7,9-11,14-15H2,1-2H3,(H,27,29)(H,28,30). The van der Waals surface area contributed by atoms with Crippen molar-refractivity contribution in [3.05, 3.63) is 56.5 Å². The molecule has 32 heavy (non-hydrogen) atoms. The van der Waals surface area contributed by atoms with Crippen molar-refractivity contribution in [1.82, 2.24) is 10.3 Å². The minimum atomic E-state index is -0.376. The Bertz CT molecular complexity index is 1120. The number of nitrogens with one attached hydrogen (secondary N) is 2. The summed E-state index contributed by atoms with van der Waals surface area (Å²) in [6.45, 7) is 4.41. The molecule has 2 N–H and O–H groups in total. The van der Waals surface area contributed by atoms with Gasteiger partial charge in [-0.1, -0.05) is 25.3 Å². The van der Waals surface area contributed by atoms with Crippen LogP contribution in [0.4, 0.5) is 0 Å². The number of hydrogen-bond donors (Lipinski definition) is 2. The highest BCUT2D eigenvalue weighted by Crippen LogP contribution is 2.43. The number of H-pyrrole nitrogens is 1. The van der Waals surface area contributed by atoms with Gasteiger partial charge < -0.3 is 19.8 Å². The third-order valence-electron chi connectivity index (χ3n) is 6.94. The van der Waals surface area contributed by atoms with Crippen LogP contribution in [0.5, 0.6) is 11.5 Å². The maximum absolute atomic E-state index is 12.8. The van der Waals surface area contributed by atoms with Crippen LogP contribution < -0.4 is 20.3 Å². The van der Waals surface area contributed by atoms with E-state index in [1.807, 2.05) is 12.1 Å². The van der Waals surface area contributed by atoms with Gasteiger partial charge in [0.05, 0.1) is 0 Å². The highest BCUT2D eigenvalue weighted by molar-refractivity contribution is 5.76. The highest BCUT2D eigenvalue weighted by atomic mass is 16.7. The van der Waals surface area contributed by atoms with Gasteiger partial charge in [-0.15, -0.1) is 0 Å². The number of rotatable bonds is 6. The zero-order valence-electron chi connectivity index (χ0n) is 18.7. The van der Waals surface area contributed by atoms with Crippen LogP contribution in [0.25, 0.3) is 0 Å². The van der Waals surface area contributed by atoms with Gasteiger partial charge in [0.2, 0.25) is 12.7 Å². The van der Waals surface area contributed by atoms with E-state index in [1.54, 1.807) is 13.8 Å². The molecule has 7 nitrogen and oxygen atoms in total. The molecule has 2 heterocycles. The van der Waals surface area contributed by atoms with Crippen molar-refractivity contribution in [3.63, 3.8) is 0 Å². The number of amides is 1. The van der Waals surface area contributed by atoms with Crippen LogP contribution in [0.15, 0.2) is 23.0 Å². The van der Waals surface area contributed by atoms with Crippen LogP contribution >= 0.6 is 0 Å². The number of nitrogens with zero attached hydrogens (tertiary/aromatic N) is 1. The van der Waals surface area contributed by atoms with E-state index >= 15 is 0 Å². The number of aromatic nitrogens is 1. The number of pyridine rings is 1. The Kier molecular flexibility index (Phi) is 6.22. The van der Waals surface area contributed by atoms with Gasteiger partial charge in [0.15, 0.2) is 11.5 Å². The summed E-state index contributed by atoms with van der Waals surface area (Å²) in [6, 6.07) is 8.09.